The summed E-state index contributed by atoms with van der Waals surface area (Å²) < 4.78 is 0. The molecule has 0 radical (unpaired) electrons. The van der Waals surface area contributed by atoms with Crippen molar-refractivity contribution in [3.05, 3.63) is 29.3 Å². The van der Waals surface area contributed by atoms with Gasteiger partial charge in [0, 0.05) is 6.04 Å². The predicted octanol–water partition coefficient (Wildman–Crippen LogP) is 2.03. The van der Waals surface area contributed by atoms with Crippen LogP contribution in [0, 0.1) is 18.3 Å². The summed E-state index contributed by atoms with van der Waals surface area (Å²) in [5.41, 5.74) is 2.80. The lowest BCUT2D eigenvalue weighted by Crippen LogP contribution is -2.35. The van der Waals surface area contributed by atoms with Crippen LogP contribution in [0.15, 0.2) is 18.2 Å². The van der Waals surface area contributed by atoms with Gasteiger partial charge in [0.2, 0.25) is 0 Å². The lowest BCUT2D eigenvalue weighted by Gasteiger charge is -2.25. The number of piperidine rings is 1. The quantitative estimate of drug-likeness (QED) is 0.793. The van der Waals surface area contributed by atoms with Crippen molar-refractivity contribution in [2.24, 2.45) is 0 Å². The Balaban J connectivity index is 2.14. The molecule has 1 aromatic rings. The molecule has 0 bridgehead atoms. The predicted molar refractivity (Wildman–Crippen MR) is 65.4 cm³/mol. The summed E-state index contributed by atoms with van der Waals surface area (Å²) in [6.07, 6.45) is 2.25. The van der Waals surface area contributed by atoms with Crippen LogP contribution in [0.1, 0.15) is 24.0 Å². The second kappa shape index (κ2) is 5.00. The van der Waals surface area contributed by atoms with E-state index in [1.165, 1.54) is 0 Å². The van der Waals surface area contributed by atoms with Gasteiger partial charge in [-0.2, -0.15) is 5.26 Å². The van der Waals surface area contributed by atoms with Gasteiger partial charge in [0.05, 0.1) is 11.3 Å². The molecular formula is C13H17N3. The molecule has 0 aliphatic carbocycles. The van der Waals surface area contributed by atoms with Crippen LogP contribution >= 0.6 is 0 Å². The lowest BCUT2D eigenvalue weighted by molar-refractivity contribution is 0.479. The van der Waals surface area contributed by atoms with E-state index >= 15 is 0 Å². The summed E-state index contributed by atoms with van der Waals surface area (Å²) in [4.78, 5) is 0. The molecule has 2 rings (SSSR count). The van der Waals surface area contributed by atoms with Gasteiger partial charge in [0.15, 0.2) is 0 Å². The fraction of sp³-hybridized carbons (Fsp3) is 0.462. The van der Waals surface area contributed by atoms with Gasteiger partial charge in [-0.05, 0) is 44.5 Å². The maximum atomic E-state index is 9.13. The highest BCUT2D eigenvalue weighted by atomic mass is 15.0. The summed E-state index contributed by atoms with van der Waals surface area (Å²) in [5, 5.41) is 15.9. The third kappa shape index (κ3) is 2.34. The van der Waals surface area contributed by atoms with Crippen molar-refractivity contribution in [3.8, 4) is 6.07 Å². The van der Waals surface area contributed by atoms with E-state index < -0.39 is 0 Å². The number of nitrogens with zero attached hydrogens (tertiary/aromatic N) is 1. The third-order valence-corrected chi connectivity index (χ3v) is 3.08. The van der Waals surface area contributed by atoms with E-state index in [1.54, 1.807) is 0 Å². The van der Waals surface area contributed by atoms with Gasteiger partial charge in [-0.1, -0.05) is 12.1 Å². The molecule has 3 nitrogen and oxygen atoms in total. The second-order valence-electron chi connectivity index (χ2n) is 4.28. The zero-order valence-corrected chi connectivity index (χ0v) is 9.59. The molecule has 84 valence electrons. The molecule has 1 aliphatic rings. The van der Waals surface area contributed by atoms with Crippen molar-refractivity contribution in [2.75, 3.05) is 18.4 Å². The maximum Gasteiger partial charge on any atom is 0.102 e. The molecule has 2 N–H and O–H groups in total. The van der Waals surface area contributed by atoms with Crippen LogP contribution in [-0.4, -0.2) is 19.1 Å². The summed E-state index contributed by atoms with van der Waals surface area (Å²) in [7, 11) is 0. The normalized spacial score (nSPS) is 16.8. The van der Waals surface area contributed by atoms with Crippen molar-refractivity contribution < 1.29 is 0 Å². The van der Waals surface area contributed by atoms with Gasteiger partial charge >= 0.3 is 0 Å². The van der Waals surface area contributed by atoms with Gasteiger partial charge in [0.1, 0.15) is 6.07 Å². The van der Waals surface area contributed by atoms with E-state index in [9.17, 15) is 0 Å². The fourth-order valence-corrected chi connectivity index (χ4v) is 2.12. The first-order valence-corrected chi connectivity index (χ1v) is 5.78. The minimum atomic E-state index is 0.496. The van der Waals surface area contributed by atoms with Gasteiger partial charge in [-0.3, -0.25) is 0 Å². The number of hydrogen-bond donors (Lipinski definition) is 2. The SMILES string of the molecule is Cc1cccc(NC2CCNCC2)c1C#N. The van der Waals surface area contributed by atoms with Gasteiger partial charge in [-0.15, -0.1) is 0 Å². The number of nitriles is 1. The first kappa shape index (κ1) is 11.0. The van der Waals surface area contributed by atoms with Crippen molar-refractivity contribution in [1.29, 1.82) is 5.26 Å². The zero-order valence-electron chi connectivity index (χ0n) is 9.59. The molecule has 16 heavy (non-hydrogen) atoms. The fourth-order valence-electron chi connectivity index (χ4n) is 2.12. The summed E-state index contributed by atoms with van der Waals surface area (Å²) in [6, 6.07) is 8.74. The molecule has 1 heterocycles. The van der Waals surface area contributed by atoms with E-state index in [0.29, 0.717) is 6.04 Å². The largest absolute Gasteiger partial charge is 0.381 e. The third-order valence-electron chi connectivity index (χ3n) is 3.08. The molecule has 0 spiro atoms. The molecule has 0 amide bonds. The van der Waals surface area contributed by atoms with Crippen LogP contribution in [0.25, 0.3) is 0 Å². The Morgan fingerprint density at radius 3 is 2.81 bits per heavy atom. The molecular weight excluding hydrogens is 198 g/mol. The Labute approximate surface area is 96.5 Å². The number of aryl methyl sites for hydroxylation is 1. The molecule has 0 unspecified atom stereocenters. The van der Waals surface area contributed by atoms with Crippen LogP contribution in [0.4, 0.5) is 5.69 Å². The molecule has 1 aromatic carbocycles. The molecule has 0 atom stereocenters. The van der Waals surface area contributed by atoms with Crippen LogP contribution in [-0.2, 0) is 0 Å². The lowest BCUT2D eigenvalue weighted by atomic mass is 10.0. The second-order valence-corrected chi connectivity index (χ2v) is 4.28. The highest BCUT2D eigenvalue weighted by molar-refractivity contribution is 5.61. The van der Waals surface area contributed by atoms with Gasteiger partial charge in [0.25, 0.3) is 0 Å². The Kier molecular flexibility index (Phi) is 3.43. The first-order chi connectivity index (χ1) is 7.81. The molecule has 1 saturated heterocycles. The minimum absolute atomic E-state index is 0.496. The van der Waals surface area contributed by atoms with Crippen molar-refractivity contribution in [3.63, 3.8) is 0 Å². The minimum Gasteiger partial charge on any atom is -0.381 e. The zero-order chi connectivity index (χ0) is 11.4. The highest BCUT2D eigenvalue weighted by Crippen LogP contribution is 2.20. The average molecular weight is 215 g/mol. The van der Waals surface area contributed by atoms with E-state index in [1.807, 2.05) is 25.1 Å². The van der Waals surface area contributed by atoms with Gasteiger partial charge in [-0.25, -0.2) is 0 Å². The molecule has 3 heteroatoms. The Bertz CT molecular complexity index is 400. The first-order valence-electron chi connectivity index (χ1n) is 5.78. The average Bonchev–Trinajstić information content (AvgIpc) is 2.31. The van der Waals surface area contributed by atoms with Crippen molar-refractivity contribution in [2.45, 2.75) is 25.8 Å². The van der Waals surface area contributed by atoms with Crippen LogP contribution < -0.4 is 10.6 Å². The molecule has 0 aromatic heterocycles. The number of anilines is 1. The highest BCUT2D eigenvalue weighted by Gasteiger charge is 2.14. The molecule has 0 saturated carbocycles. The number of hydrogen-bond acceptors (Lipinski definition) is 3. The smallest absolute Gasteiger partial charge is 0.102 e. The summed E-state index contributed by atoms with van der Waals surface area (Å²) >= 11 is 0. The van der Waals surface area contributed by atoms with Crippen LogP contribution in [0.3, 0.4) is 0 Å². The Morgan fingerprint density at radius 1 is 1.38 bits per heavy atom. The number of benzene rings is 1. The van der Waals surface area contributed by atoms with E-state index in [0.717, 1.165) is 42.7 Å². The van der Waals surface area contributed by atoms with Gasteiger partial charge < -0.3 is 10.6 Å². The van der Waals surface area contributed by atoms with Crippen molar-refractivity contribution in [1.82, 2.24) is 5.32 Å². The standard InChI is InChI=1S/C13H17N3/c1-10-3-2-4-13(12(10)9-14)16-11-5-7-15-8-6-11/h2-4,11,15-16H,5-8H2,1H3. The van der Waals surface area contributed by atoms with E-state index in [4.69, 9.17) is 5.26 Å². The topological polar surface area (TPSA) is 47.8 Å². The Hall–Kier alpha value is -1.53. The monoisotopic (exact) mass is 215 g/mol. The molecule has 1 aliphatic heterocycles. The van der Waals surface area contributed by atoms with E-state index in [2.05, 4.69) is 16.7 Å². The summed E-state index contributed by atoms with van der Waals surface area (Å²) in [6.45, 7) is 4.10. The van der Waals surface area contributed by atoms with E-state index in [-0.39, 0.29) is 0 Å². The maximum absolute atomic E-state index is 9.13. The molecule has 1 fully saturated rings. The number of nitrogens with one attached hydrogen (secondary N) is 2. The summed E-state index contributed by atoms with van der Waals surface area (Å²) in [5.74, 6) is 0. The number of rotatable bonds is 2. The van der Waals surface area contributed by atoms with Crippen LogP contribution in [0.2, 0.25) is 0 Å². The van der Waals surface area contributed by atoms with Crippen LogP contribution in [0.5, 0.6) is 0 Å². The Morgan fingerprint density at radius 2 is 2.12 bits per heavy atom. The van der Waals surface area contributed by atoms with Crippen molar-refractivity contribution >= 4 is 5.69 Å².